The minimum absolute atomic E-state index is 0.128. The number of imidazole rings is 1. The fraction of sp³-hybridized carbons (Fsp3) is 0.150. The van der Waals surface area contributed by atoms with E-state index in [0.29, 0.717) is 5.65 Å². The first-order valence-corrected chi connectivity index (χ1v) is 8.07. The quantitative estimate of drug-likeness (QED) is 0.567. The summed E-state index contributed by atoms with van der Waals surface area (Å²) in [7, 11) is 1.61. The summed E-state index contributed by atoms with van der Waals surface area (Å²) in [5.41, 5.74) is 3.92. The Labute approximate surface area is 143 Å². The number of rotatable bonds is 4. The van der Waals surface area contributed by atoms with Crippen LogP contribution in [0, 0.1) is 0 Å². The number of halogens is 1. The molecule has 0 saturated carbocycles. The Balaban J connectivity index is 2.01. The first-order chi connectivity index (χ1) is 12.2. The van der Waals surface area contributed by atoms with Gasteiger partial charge in [0.15, 0.2) is 0 Å². The van der Waals surface area contributed by atoms with Crippen LogP contribution in [0.25, 0.3) is 27.8 Å². The molecule has 2 aromatic heterocycles. The Morgan fingerprint density at radius 2 is 1.68 bits per heavy atom. The summed E-state index contributed by atoms with van der Waals surface area (Å²) in [5, 5.41) is 0. The van der Waals surface area contributed by atoms with E-state index in [4.69, 9.17) is 4.74 Å². The van der Waals surface area contributed by atoms with Crippen LogP contribution in [-0.2, 0) is 6.54 Å². The summed E-state index contributed by atoms with van der Waals surface area (Å²) in [5.74, 6) is 0.757. The van der Waals surface area contributed by atoms with Gasteiger partial charge in [0.05, 0.1) is 24.7 Å². The second-order valence-corrected chi connectivity index (χ2v) is 5.83. The lowest BCUT2D eigenvalue weighted by atomic mass is 10.1. The molecule has 4 rings (SSSR count). The maximum absolute atomic E-state index is 13.1. The molecule has 0 fully saturated rings. The molecule has 0 amide bonds. The molecule has 0 radical (unpaired) electrons. The standard InChI is InChI=1S/C20H17FN2O2/c1-25-16-8-6-14(7-9-16)15-12-19-22(11-10-21)17-4-2-3-5-18(17)23(19)20(24)13-15/h2-9,12-13H,10-11H2,1H3. The molecule has 0 atom stereocenters. The predicted molar refractivity (Wildman–Crippen MR) is 97.1 cm³/mol. The molecule has 0 aliphatic rings. The Bertz CT molecular complexity index is 1110. The molecule has 0 N–H and O–H groups in total. The van der Waals surface area contributed by atoms with Gasteiger partial charge in [0.25, 0.3) is 5.56 Å². The maximum Gasteiger partial charge on any atom is 0.257 e. The molecule has 2 heterocycles. The van der Waals surface area contributed by atoms with E-state index in [1.807, 2.05) is 59.2 Å². The topological polar surface area (TPSA) is 35.6 Å². The first-order valence-electron chi connectivity index (χ1n) is 8.07. The fourth-order valence-electron chi connectivity index (χ4n) is 3.27. The number of benzene rings is 2. The molecular weight excluding hydrogens is 319 g/mol. The zero-order valence-corrected chi connectivity index (χ0v) is 13.8. The van der Waals surface area contributed by atoms with Gasteiger partial charge in [-0.15, -0.1) is 0 Å². The van der Waals surface area contributed by atoms with E-state index in [0.717, 1.165) is 27.9 Å². The number of nitrogens with zero attached hydrogens (tertiary/aromatic N) is 2. The Hall–Kier alpha value is -3.08. The van der Waals surface area contributed by atoms with Crippen LogP contribution < -0.4 is 10.3 Å². The number of hydrogen-bond acceptors (Lipinski definition) is 2. The highest BCUT2D eigenvalue weighted by Gasteiger charge is 2.13. The second kappa shape index (κ2) is 6.09. The third-order valence-corrected chi connectivity index (χ3v) is 4.43. The van der Waals surface area contributed by atoms with E-state index < -0.39 is 6.67 Å². The van der Waals surface area contributed by atoms with Crippen LogP contribution in [0.5, 0.6) is 5.75 Å². The van der Waals surface area contributed by atoms with Crippen molar-refractivity contribution in [3.05, 3.63) is 71.0 Å². The Morgan fingerprint density at radius 1 is 0.960 bits per heavy atom. The molecule has 0 aliphatic carbocycles. The van der Waals surface area contributed by atoms with Gasteiger partial charge in [0.1, 0.15) is 18.1 Å². The van der Waals surface area contributed by atoms with Gasteiger partial charge in [0.2, 0.25) is 0 Å². The predicted octanol–water partition coefficient (Wildman–Crippen LogP) is 3.90. The Kier molecular flexibility index (Phi) is 3.76. The van der Waals surface area contributed by atoms with E-state index in [-0.39, 0.29) is 12.1 Å². The van der Waals surface area contributed by atoms with Crippen LogP contribution in [0.15, 0.2) is 65.5 Å². The minimum Gasteiger partial charge on any atom is -0.497 e. The van der Waals surface area contributed by atoms with Gasteiger partial charge in [-0.05, 0) is 41.5 Å². The van der Waals surface area contributed by atoms with E-state index in [9.17, 15) is 9.18 Å². The van der Waals surface area contributed by atoms with Crippen LogP contribution in [0.4, 0.5) is 4.39 Å². The van der Waals surface area contributed by atoms with Crippen molar-refractivity contribution in [2.24, 2.45) is 0 Å². The number of para-hydroxylation sites is 2. The zero-order valence-electron chi connectivity index (χ0n) is 13.8. The fourth-order valence-corrected chi connectivity index (χ4v) is 3.27. The van der Waals surface area contributed by atoms with Crippen molar-refractivity contribution in [3.63, 3.8) is 0 Å². The average molecular weight is 336 g/mol. The van der Waals surface area contributed by atoms with Crippen molar-refractivity contribution in [2.75, 3.05) is 13.8 Å². The summed E-state index contributed by atoms with van der Waals surface area (Å²) in [6.07, 6.45) is 0. The third kappa shape index (κ3) is 2.48. The van der Waals surface area contributed by atoms with Crippen LogP contribution >= 0.6 is 0 Å². The highest BCUT2D eigenvalue weighted by Crippen LogP contribution is 2.25. The normalized spacial score (nSPS) is 11.3. The minimum atomic E-state index is -0.491. The molecule has 0 saturated heterocycles. The van der Waals surface area contributed by atoms with E-state index in [2.05, 4.69) is 0 Å². The molecular formula is C20H17FN2O2. The van der Waals surface area contributed by atoms with Crippen molar-refractivity contribution in [1.29, 1.82) is 0 Å². The highest BCUT2D eigenvalue weighted by atomic mass is 19.1. The zero-order chi connectivity index (χ0) is 17.4. The molecule has 2 aromatic carbocycles. The number of hydrogen-bond donors (Lipinski definition) is 0. The summed E-state index contributed by atoms with van der Waals surface area (Å²) >= 11 is 0. The monoisotopic (exact) mass is 336 g/mol. The summed E-state index contributed by atoms with van der Waals surface area (Å²) in [4.78, 5) is 12.8. The Morgan fingerprint density at radius 3 is 2.36 bits per heavy atom. The molecule has 4 nitrogen and oxygen atoms in total. The van der Waals surface area contributed by atoms with Gasteiger partial charge in [-0.2, -0.15) is 0 Å². The smallest absolute Gasteiger partial charge is 0.257 e. The molecule has 0 aliphatic heterocycles. The van der Waals surface area contributed by atoms with Gasteiger partial charge >= 0.3 is 0 Å². The number of pyridine rings is 1. The van der Waals surface area contributed by atoms with Crippen molar-refractivity contribution in [2.45, 2.75) is 6.54 Å². The summed E-state index contributed by atoms with van der Waals surface area (Å²) in [6.45, 7) is -0.280. The van der Waals surface area contributed by atoms with Gasteiger partial charge in [-0.3, -0.25) is 9.20 Å². The summed E-state index contributed by atoms with van der Waals surface area (Å²) < 4.78 is 21.8. The molecule has 5 heteroatoms. The number of aryl methyl sites for hydroxylation is 1. The lowest BCUT2D eigenvalue weighted by molar-refractivity contribution is 0.415. The van der Waals surface area contributed by atoms with Gasteiger partial charge in [-0.1, -0.05) is 24.3 Å². The summed E-state index contributed by atoms with van der Waals surface area (Å²) in [6, 6.07) is 18.6. The third-order valence-electron chi connectivity index (χ3n) is 4.43. The number of ether oxygens (including phenoxy) is 1. The SMILES string of the molecule is COc1ccc(-c2cc(=O)n3c4ccccc4n(CCF)c3c2)cc1. The van der Waals surface area contributed by atoms with Gasteiger partial charge in [0, 0.05) is 6.07 Å². The van der Waals surface area contributed by atoms with Crippen molar-refractivity contribution < 1.29 is 9.13 Å². The van der Waals surface area contributed by atoms with Crippen LogP contribution in [0.1, 0.15) is 0 Å². The van der Waals surface area contributed by atoms with Crippen LogP contribution in [-0.4, -0.2) is 22.8 Å². The maximum atomic E-state index is 13.1. The molecule has 0 spiro atoms. The van der Waals surface area contributed by atoms with Crippen LogP contribution in [0.3, 0.4) is 0 Å². The molecule has 4 aromatic rings. The van der Waals surface area contributed by atoms with Gasteiger partial charge < -0.3 is 9.30 Å². The molecule has 126 valence electrons. The van der Waals surface area contributed by atoms with E-state index in [1.54, 1.807) is 17.6 Å². The van der Waals surface area contributed by atoms with Crippen molar-refractivity contribution >= 4 is 16.7 Å². The van der Waals surface area contributed by atoms with Crippen molar-refractivity contribution in [1.82, 2.24) is 8.97 Å². The average Bonchev–Trinajstić information content (AvgIpc) is 2.97. The lowest BCUT2D eigenvalue weighted by Crippen LogP contribution is -2.12. The number of alkyl halides is 1. The second-order valence-electron chi connectivity index (χ2n) is 5.83. The largest absolute Gasteiger partial charge is 0.497 e. The van der Waals surface area contributed by atoms with E-state index >= 15 is 0 Å². The van der Waals surface area contributed by atoms with E-state index in [1.165, 1.54) is 0 Å². The molecule has 0 unspecified atom stereocenters. The lowest BCUT2D eigenvalue weighted by Gasteiger charge is -2.07. The first kappa shape index (κ1) is 15.4. The van der Waals surface area contributed by atoms with Crippen molar-refractivity contribution in [3.8, 4) is 16.9 Å². The number of methoxy groups -OCH3 is 1. The highest BCUT2D eigenvalue weighted by molar-refractivity contribution is 5.83. The van der Waals surface area contributed by atoms with Gasteiger partial charge in [-0.25, -0.2) is 4.39 Å². The van der Waals surface area contributed by atoms with Crippen LogP contribution in [0.2, 0.25) is 0 Å². The molecule has 0 bridgehead atoms. The molecule has 25 heavy (non-hydrogen) atoms. The number of fused-ring (bicyclic) bond motifs is 3. The number of aromatic nitrogens is 2.